The number of pyridine rings is 1. The van der Waals surface area contributed by atoms with Crippen molar-refractivity contribution in [2.24, 2.45) is 11.8 Å². The zero-order valence-electron chi connectivity index (χ0n) is 17.3. The molecule has 0 saturated carbocycles. The number of carbonyl (C=O) groups is 1. The third kappa shape index (κ3) is 3.27. The molecule has 1 spiro atoms. The fourth-order valence-corrected chi connectivity index (χ4v) is 6.20. The molecule has 4 atom stereocenters. The van der Waals surface area contributed by atoms with E-state index >= 15 is 0 Å². The molecule has 3 aliphatic rings. The van der Waals surface area contributed by atoms with E-state index in [9.17, 15) is 4.79 Å². The highest BCUT2D eigenvalue weighted by atomic mass is 32.1. The van der Waals surface area contributed by atoms with Gasteiger partial charge < -0.3 is 19.5 Å². The summed E-state index contributed by atoms with van der Waals surface area (Å²) in [6.07, 6.45) is 4.18. The van der Waals surface area contributed by atoms with Gasteiger partial charge in [0.15, 0.2) is 11.5 Å². The monoisotopic (exact) mass is 429 g/mol. The predicted octanol–water partition coefficient (Wildman–Crippen LogP) is 2.57. The zero-order valence-corrected chi connectivity index (χ0v) is 18.1. The third-order valence-electron chi connectivity index (χ3n) is 6.84. The second kappa shape index (κ2) is 7.83. The van der Waals surface area contributed by atoms with E-state index < -0.39 is 0 Å². The molecule has 2 aromatic rings. The van der Waals surface area contributed by atoms with Crippen LogP contribution in [0.3, 0.4) is 0 Å². The number of methoxy groups -OCH3 is 2. The Balaban J connectivity index is 1.28. The van der Waals surface area contributed by atoms with Crippen LogP contribution in [-0.4, -0.2) is 61.3 Å². The van der Waals surface area contributed by atoms with Crippen molar-refractivity contribution >= 4 is 17.2 Å². The number of nitrogens with one attached hydrogen (secondary N) is 1. The Morgan fingerprint density at radius 2 is 2.30 bits per heavy atom. The first-order valence-corrected chi connectivity index (χ1v) is 11.3. The summed E-state index contributed by atoms with van der Waals surface area (Å²) in [7, 11) is 3.29. The van der Waals surface area contributed by atoms with Crippen molar-refractivity contribution in [2.45, 2.75) is 31.1 Å². The van der Waals surface area contributed by atoms with E-state index in [0.717, 1.165) is 36.5 Å². The summed E-state index contributed by atoms with van der Waals surface area (Å²) in [6.45, 7) is 3.20. The molecule has 2 bridgehead atoms. The molecule has 0 aliphatic carbocycles. The van der Waals surface area contributed by atoms with Gasteiger partial charge in [-0.1, -0.05) is 6.07 Å². The van der Waals surface area contributed by atoms with Gasteiger partial charge in [-0.25, -0.2) is 0 Å². The minimum Gasteiger partial charge on any atom is -0.493 e. The number of carbonyl (C=O) groups excluding carboxylic acids is 1. The van der Waals surface area contributed by atoms with Gasteiger partial charge in [-0.05, 0) is 24.3 Å². The Labute approximate surface area is 180 Å². The number of fused-ring (bicyclic) bond motifs is 1. The quantitative estimate of drug-likeness (QED) is 0.729. The third-order valence-corrected chi connectivity index (χ3v) is 7.71. The molecule has 0 unspecified atom stereocenters. The van der Waals surface area contributed by atoms with Gasteiger partial charge in [0.1, 0.15) is 5.69 Å². The maximum absolute atomic E-state index is 12.4. The van der Waals surface area contributed by atoms with Crippen LogP contribution in [-0.2, 0) is 11.3 Å². The molecule has 3 aliphatic heterocycles. The van der Waals surface area contributed by atoms with Gasteiger partial charge >= 0.3 is 0 Å². The topological polar surface area (TPSA) is 72.9 Å². The molecule has 1 amide bonds. The minimum absolute atomic E-state index is 0.0157. The van der Waals surface area contributed by atoms with Crippen LogP contribution in [0.25, 0.3) is 0 Å². The van der Waals surface area contributed by atoms with Crippen LogP contribution >= 0.6 is 11.3 Å². The lowest BCUT2D eigenvalue weighted by molar-refractivity contribution is 0.00198. The summed E-state index contributed by atoms with van der Waals surface area (Å²) in [5.74, 6) is 2.19. The molecule has 7 nitrogen and oxygen atoms in total. The average Bonchev–Trinajstić information content (AvgIpc) is 3.52. The van der Waals surface area contributed by atoms with Crippen molar-refractivity contribution < 1.29 is 19.0 Å². The Morgan fingerprint density at radius 3 is 3.07 bits per heavy atom. The fraction of sp³-hybridized carbons (Fsp3) is 0.545. The summed E-state index contributed by atoms with van der Waals surface area (Å²) >= 11 is 1.47. The van der Waals surface area contributed by atoms with E-state index in [1.54, 1.807) is 20.4 Å². The standard InChI is InChI=1S/C22H27N3O4S/c1-27-18-6-8-23-16(20(18)28-2)12-25-11-15-14(17-5-7-22(15,13-25)29-17)10-24-21(26)19-4-3-9-30-19/h3-4,6,8-9,14-15,17H,5,7,10-13H2,1-2H3,(H,24,26)/t14-,15+,17+,22+/m0/s1. The number of rotatable bonds is 7. The van der Waals surface area contributed by atoms with Crippen LogP contribution in [0.2, 0.25) is 0 Å². The predicted molar refractivity (Wildman–Crippen MR) is 113 cm³/mol. The Kier molecular flexibility index (Phi) is 5.16. The molecule has 0 radical (unpaired) electrons. The highest BCUT2D eigenvalue weighted by Gasteiger charge is 2.62. The first-order valence-electron chi connectivity index (χ1n) is 10.4. The van der Waals surface area contributed by atoms with Crippen molar-refractivity contribution in [3.8, 4) is 11.5 Å². The molecule has 160 valence electrons. The van der Waals surface area contributed by atoms with Gasteiger partial charge in [0, 0.05) is 50.3 Å². The van der Waals surface area contributed by atoms with E-state index in [-0.39, 0.29) is 17.6 Å². The summed E-state index contributed by atoms with van der Waals surface area (Å²) in [5, 5.41) is 5.07. The highest BCUT2D eigenvalue weighted by molar-refractivity contribution is 7.12. The second-order valence-corrected chi connectivity index (χ2v) is 9.33. The first-order chi connectivity index (χ1) is 14.6. The minimum atomic E-state index is -0.0882. The molecule has 8 heteroatoms. The molecular formula is C22H27N3O4S. The zero-order chi connectivity index (χ0) is 20.7. The lowest BCUT2D eigenvalue weighted by Gasteiger charge is -2.29. The number of hydrogen-bond donors (Lipinski definition) is 1. The maximum atomic E-state index is 12.4. The summed E-state index contributed by atoms with van der Waals surface area (Å²) in [4.78, 5) is 20.1. The van der Waals surface area contributed by atoms with E-state index in [0.29, 0.717) is 36.4 Å². The highest BCUT2D eigenvalue weighted by Crippen LogP contribution is 2.55. The van der Waals surface area contributed by atoms with Gasteiger partial charge in [0.05, 0.1) is 30.8 Å². The molecule has 2 aromatic heterocycles. The van der Waals surface area contributed by atoms with Gasteiger partial charge in [0.2, 0.25) is 0 Å². The van der Waals surface area contributed by atoms with Crippen LogP contribution in [0.4, 0.5) is 0 Å². The Bertz CT molecular complexity index is 921. The second-order valence-electron chi connectivity index (χ2n) is 8.38. The van der Waals surface area contributed by atoms with Crippen LogP contribution < -0.4 is 14.8 Å². The van der Waals surface area contributed by atoms with Gasteiger partial charge in [0.25, 0.3) is 5.91 Å². The van der Waals surface area contributed by atoms with Crippen LogP contribution in [0.5, 0.6) is 11.5 Å². The van der Waals surface area contributed by atoms with Crippen LogP contribution in [0.1, 0.15) is 28.2 Å². The molecular weight excluding hydrogens is 402 g/mol. The molecule has 30 heavy (non-hydrogen) atoms. The lowest BCUT2D eigenvalue weighted by Crippen LogP contribution is -2.41. The van der Waals surface area contributed by atoms with E-state index in [2.05, 4.69) is 15.2 Å². The molecule has 5 rings (SSSR count). The molecule has 3 fully saturated rings. The number of thiophene rings is 1. The van der Waals surface area contributed by atoms with Gasteiger partial charge in [-0.15, -0.1) is 11.3 Å². The SMILES string of the molecule is COc1ccnc(CN2C[C@@H]3[C@H](CNC(=O)c4cccs4)[C@H]4CC[C@]3(C2)O4)c1OC. The maximum Gasteiger partial charge on any atom is 0.261 e. The van der Waals surface area contributed by atoms with Crippen molar-refractivity contribution in [1.82, 2.24) is 15.2 Å². The summed E-state index contributed by atoms with van der Waals surface area (Å²) in [6, 6.07) is 5.59. The van der Waals surface area contributed by atoms with E-state index in [1.165, 1.54) is 11.3 Å². The number of amides is 1. The van der Waals surface area contributed by atoms with Gasteiger partial charge in [-0.2, -0.15) is 0 Å². The summed E-state index contributed by atoms with van der Waals surface area (Å²) < 4.78 is 17.5. The first kappa shape index (κ1) is 19.8. The lowest BCUT2D eigenvalue weighted by atomic mass is 9.73. The number of ether oxygens (including phenoxy) is 3. The largest absolute Gasteiger partial charge is 0.493 e. The van der Waals surface area contributed by atoms with Crippen molar-refractivity contribution in [3.63, 3.8) is 0 Å². The molecule has 0 aromatic carbocycles. The number of likely N-dealkylation sites (tertiary alicyclic amines) is 1. The summed E-state index contributed by atoms with van der Waals surface area (Å²) in [5.41, 5.74) is 0.792. The van der Waals surface area contributed by atoms with Gasteiger partial charge in [-0.3, -0.25) is 14.7 Å². The van der Waals surface area contributed by atoms with E-state index in [4.69, 9.17) is 14.2 Å². The Morgan fingerprint density at radius 1 is 1.40 bits per heavy atom. The van der Waals surface area contributed by atoms with E-state index in [1.807, 2.05) is 23.6 Å². The smallest absolute Gasteiger partial charge is 0.261 e. The number of nitrogens with zero attached hydrogens (tertiary/aromatic N) is 2. The fourth-order valence-electron chi connectivity index (χ4n) is 5.56. The molecule has 1 N–H and O–H groups in total. The van der Waals surface area contributed by atoms with Crippen molar-refractivity contribution in [1.29, 1.82) is 0 Å². The normalized spacial score (nSPS) is 29.7. The van der Waals surface area contributed by atoms with Crippen LogP contribution in [0.15, 0.2) is 29.8 Å². The molecule has 3 saturated heterocycles. The number of hydrogen-bond acceptors (Lipinski definition) is 7. The van der Waals surface area contributed by atoms with Crippen molar-refractivity contribution in [2.75, 3.05) is 33.9 Å². The van der Waals surface area contributed by atoms with Crippen LogP contribution in [0, 0.1) is 11.8 Å². The average molecular weight is 430 g/mol. The Hall–Kier alpha value is -2.16. The van der Waals surface area contributed by atoms with Crippen molar-refractivity contribution in [3.05, 3.63) is 40.3 Å². The molecule has 5 heterocycles. The number of aromatic nitrogens is 1.